The summed E-state index contributed by atoms with van der Waals surface area (Å²) >= 11 is 0. The van der Waals surface area contributed by atoms with Gasteiger partial charge in [0.25, 0.3) is 0 Å². The number of carbonyl (C=O) groups is 1. The van der Waals surface area contributed by atoms with Crippen LogP contribution >= 0.6 is 0 Å². The predicted molar refractivity (Wildman–Crippen MR) is 65.6 cm³/mol. The minimum absolute atomic E-state index is 0.368. The van der Waals surface area contributed by atoms with Crippen molar-refractivity contribution in [3.05, 3.63) is 30.1 Å². The molecule has 94 valence electrons. The standard InChI is InChI=1S/C13H18FNO2/c1-2-3-4-8-12(13(16)17)15-11-7-5-6-10(14)9-11/h5-7,9,12,15H,2-4,8H2,1H3,(H,16,17). The molecule has 3 nitrogen and oxygen atoms in total. The van der Waals surface area contributed by atoms with Crippen LogP contribution in [0, 0.1) is 5.82 Å². The summed E-state index contributed by atoms with van der Waals surface area (Å²) in [6.45, 7) is 2.07. The lowest BCUT2D eigenvalue weighted by atomic mass is 10.1. The lowest BCUT2D eigenvalue weighted by Gasteiger charge is -2.15. The molecule has 1 aromatic carbocycles. The first kappa shape index (κ1) is 13.5. The smallest absolute Gasteiger partial charge is 0.326 e. The third kappa shape index (κ3) is 4.85. The van der Waals surface area contributed by atoms with Crippen LogP contribution in [0.3, 0.4) is 0 Å². The van der Waals surface area contributed by atoms with E-state index in [4.69, 9.17) is 5.11 Å². The van der Waals surface area contributed by atoms with Crippen LogP contribution in [0.4, 0.5) is 10.1 Å². The van der Waals surface area contributed by atoms with Gasteiger partial charge in [0.2, 0.25) is 0 Å². The number of hydrogen-bond acceptors (Lipinski definition) is 2. The molecule has 0 aromatic heterocycles. The lowest BCUT2D eigenvalue weighted by Crippen LogP contribution is -2.29. The second kappa shape index (κ2) is 6.89. The summed E-state index contributed by atoms with van der Waals surface area (Å²) in [4.78, 5) is 11.0. The fourth-order valence-corrected chi connectivity index (χ4v) is 1.64. The molecule has 0 saturated carbocycles. The minimum atomic E-state index is -0.898. The van der Waals surface area contributed by atoms with E-state index < -0.39 is 12.0 Å². The molecule has 1 rings (SSSR count). The van der Waals surface area contributed by atoms with E-state index in [2.05, 4.69) is 12.2 Å². The molecule has 0 spiro atoms. The number of benzene rings is 1. The number of rotatable bonds is 7. The van der Waals surface area contributed by atoms with Crippen LogP contribution < -0.4 is 5.32 Å². The van der Waals surface area contributed by atoms with E-state index in [0.29, 0.717) is 12.1 Å². The van der Waals surface area contributed by atoms with Gasteiger partial charge in [-0.15, -0.1) is 0 Å². The van der Waals surface area contributed by atoms with Crippen molar-refractivity contribution in [2.75, 3.05) is 5.32 Å². The Labute approximate surface area is 101 Å². The van der Waals surface area contributed by atoms with Gasteiger partial charge in [-0.3, -0.25) is 0 Å². The Hall–Kier alpha value is -1.58. The van der Waals surface area contributed by atoms with Gasteiger partial charge in [0.15, 0.2) is 0 Å². The summed E-state index contributed by atoms with van der Waals surface area (Å²) in [7, 11) is 0. The molecule has 0 aliphatic rings. The molecule has 0 aliphatic heterocycles. The summed E-state index contributed by atoms with van der Waals surface area (Å²) in [5, 5.41) is 11.9. The summed E-state index contributed by atoms with van der Waals surface area (Å²) in [5.41, 5.74) is 0.508. The number of carboxylic acids is 1. The molecule has 1 unspecified atom stereocenters. The molecule has 4 heteroatoms. The van der Waals surface area contributed by atoms with Crippen molar-refractivity contribution in [1.82, 2.24) is 0 Å². The fourth-order valence-electron chi connectivity index (χ4n) is 1.64. The van der Waals surface area contributed by atoms with Crippen LogP contribution in [-0.4, -0.2) is 17.1 Å². The van der Waals surface area contributed by atoms with E-state index >= 15 is 0 Å². The Kier molecular flexibility index (Phi) is 5.46. The SMILES string of the molecule is CCCCCC(Nc1cccc(F)c1)C(=O)O. The van der Waals surface area contributed by atoms with Gasteiger partial charge in [-0.05, 0) is 24.6 Å². The molecule has 0 heterocycles. The Morgan fingerprint density at radius 2 is 2.24 bits per heavy atom. The van der Waals surface area contributed by atoms with Crippen molar-refractivity contribution in [3.8, 4) is 0 Å². The Morgan fingerprint density at radius 1 is 1.47 bits per heavy atom. The van der Waals surface area contributed by atoms with Gasteiger partial charge >= 0.3 is 5.97 Å². The van der Waals surface area contributed by atoms with Crippen LogP contribution in [0.25, 0.3) is 0 Å². The van der Waals surface area contributed by atoms with Gasteiger partial charge in [-0.2, -0.15) is 0 Å². The number of carboxylic acid groups (broad SMARTS) is 1. The average molecular weight is 239 g/mol. The van der Waals surface area contributed by atoms with Crippen molar-refractivity contribution in [2.24, 2.45) is 0 Å². The van der Waals surface area contributed by atoms with Crippen molar-refractivity contribution in [2.45, 2.75) is 38.6 Å². The number of anilines is 1. The van der Waals surface area contributed by atoms with E-state index in [1.807, 2.05) is 0 Å². The lowest BCUT2D eigenvalue weighted by molar-refractivity contribution is -0.138. The second-order valence-electron chi connectivity index (χ2n) is 4.04. The molecule has 0 fully saturated rings. The average Bonchev–Trinajstić information content (AvgIpc) is 2.28. The second-order valence-corrected chi connectivity index (χ2v) is 4.04. The monoisotopic (exact) mass is 239 g/mol. The van der Waals surface area contributed by atoms with Gasteiger partial charge in [0.05, 0.1) is 0 Å². The third-order valence-corrected chi connectivity index (χ3v) is 2.56. The highest BCUT2D eigenvalue weighted by Crippen LogP contribution is 2.13. The largest absolute Gasteiger partial charge is 0.480 e. The predicted octanol–water partition coefficient (Wildman–Crippen LogP) is 3.27. The third-order valence-electron chi connectivity index (χ3n) is 2.56. The van der Waals surface area contributed by atoms with Crippen LogP contribution in [0.1, 0.15) is 32.6 Å². The number of aliphatic carboxylic acids is 1. The zero-order chi connectivity index (χ0) is 12.7. The highest BCUT2D eigenvalue weighted by Gasteiger charge is 2.16. The Balaban J connectivity index is 2.57. The molecule has 0 radical (unpaired) electrons. The summed E-state index contributed by atoms with van der Waals surface area (Å²) in [6.07, 6.45) is 3.47. The number of halogens is 1. The molecule has 2 N–H and O–H groups in total. The van der Waals surface area contributed by atoms with Crippen LogP contribution in [0.2, 0.25) is 0 Å². The van der Waals surface area contributed by atoms with Crippen LogP contribution in [0.15, 0.2) is 24.3 Å². The zero-order valence-electron chi connectivity index (χ0n) is 9.95. The topological polar surface area (TPSA) is 49.3 Å². The van der Waals surface area contributed by atoms with Gasteiger partial charge in [-0.25, -0.2) is 9.18 Å². The van der Waals surface area contributed by atoms with Crippen molar-refractivity contribution >= 4 is 11.7 Å². The van der Waals surface area contributed by atoms with Crippen LogP contribution in [-0.2, 0) is 4.79 Å². The van der Waals surface area contributed by atoms with Gasteiger partial charge in [-0.1, -0.05) is 32.3 Å². The van der Waals surface area contributed by atoms with Gasteiger partial charge in [0.1, 0.15) is 11.9 Å². The summed E-state index contributed by atoms with van der Waals surface area (Å²) < 4.78 is 12.9. The molecule has 1 aromatic rings. The molecular weight excluding hydrogens is 221 g/mol. The highest BCUT2D eigenvalue weighted by atomic mass is 19.1. The zero-order valence-corrected chi connectivity index (χ0v) is 9.95. The Bertz CT molecular complexity index is 368. The maximum absolute atomic E-state index is 12.9. The fraction of sp³-hybridized carbons (Fsp3) is 0.462. The first-order valence-electron chi connectivity index (χ1n) is 5.88. The highest BCUT2D eigenvalue weighted by molar-refractivity contribution is 5.77. The van der Waals surface area contributed by atoms with E-state index in [9.17, 15) is 9.18 Å². The summed E-state index contributed by atoms with van der Waals surface area (Å²) in [6, 6.07) is 5.21. The van der Waals surface area contributed by atoms with Crippen molar-refractivity contribution in [3.63, 3.8) is 0 Å². The van der Waals surface area contributed by atoms with E-state index in [-0.39, 0.29) is 5.82 Å². The molecule has 1 atom stereocenters. The number of nitrogens with one attached hydrogen (secondary N) is 1. The van der Waals surface area contributed by atoms with Crippen LogP contribution in [0.5, 0.6) is 0 Å². The summed E-state index contributed by atoms with van der Waals surface area (Å²) in [5.74, 6) is -1.27. The molecular formula is C13H18FNO2. The number of hydrogen-bond donors (Lipinski definition) is 2. The van der Waals surface area contributed by atoms with E-state index in [1.165, 1.54) is 12.1 Å². The maximum Gasteiger partial charge on any atom is 0.326 e. The normalized spacial score (nSPS) is 12.1. The maximum atomic E-state index is 12.9. The first-order valence-corrected chi connectivity index (χ1v) is 5.88. The molecule has 0 saturated heterocycles. The van der Waals surface area contributed by atoms with Crippen molar-refractivity contribution < 1.29 is 14.3 Å². The quantitative estimate of drug-likeness (QED) is 0.718. The molecule has 0 amide bonds. The van der Waals surface area contributed by atoms with Gasteiger partial charge < -0.3 is 10.4 Å². The van der Waals surface area contributed by atoms with E-state index in [0.717, 1.165) is 19.3 Å². The molecule has 0 bridgehead atoms. The minimum Gasteiger partial charge on any atom is -0.480 e. The number of unbranched alkanes of at least 4 members (excludes halogenated alkanes) is 2. The molecule has 0 aliphatic carbocycles. The van der Waals surface area contributed by atoms with Crippen molar-refractivity contribution in [1.29, 1.82) is 0 Å². The molecule has 17 heavy (non-hydrogen) atoms. The van der Waals surface area contributed by atoms with E-state index in [1.54, 1.807) is 12.1 Å². The first-order chi connectivity index (χ1) is 8.13. The Morgan fingerprint density at radius 3 is 2.82 bits per heavy atom. The van der Waals surface area contributed by atoms with Gasteiger partial charge in [0, 0.05) is 5.69 Å².